The van der Waals surface area contributed by atoms with E-state index in [1.54, 1.807) is 13.8 Å². The molecule has 18 heavy (non-hydrogen) atoms. The van der Waals surface area contributed by atoms with Crippen LogP contribution in [-0.2, 0) is 14.8 Å². The van der Waals surface area contributed by atoms with Crippen molar-refractivity contribution < 1.29 is 18.3 Å². The largest absolute Gasteiger partial charge is 0.391 e. The van der Waals surface area contributed by atoms with E-state index in [4.69, 9.17) is 4.74 Å². The molecule has 0 radical (unpaired) electrons. The molecule has 2 aliphatic heterocycles. The minimum atomic E-state index is -3.37. The van der Waals surface area contributed by atoms with Crippen LogP contribution >= 0.6 is 0 Å². The second-order valence-electron chi connectivity index (χ2n) is 5.91. The fourth-order valence-corrected chi connectivity index (χ4v) is 4.44. The first-order valence-corrected chi connectivity index (χ1v) is 8.09. The van der Waals surface area contributed by atoms with Crippen LogP contribution in [0.1, 0.15) is 34.1 Å². The Kier molecular flexibility index (Phi) is 3.75. The van der Waals surface area contributed by atoms with Crippen LogP contribution in [0, 0.1) is 11.8 Å². The summed E-state index contributed by atoms with van der Waals surface area (Å²) in [5, 5.41) is 9.88. The van der Waals surface area contributed by atoms with Crippen molar-refractivity contribution >= 4 is 10.0 Å². The normalized spacial score (nSPS) is 37.7. The number of hydrogen-bond donors (Lipinski definition) is 1. The molecule has 2 heterocycles. The number of rotatable bonds is 3. The molecule has 106 valence electrons. The first-order valence-electron chi connectivity index (χ1n) is 6.58. The number of ether oxygens (including phenoxy) is 1. The summed E-state index contributed by atoms with van der Waals surface area (Å²) < 4.78 is 31.6. The number of aliphatic hydroxyl groups excluding tert-OH is 1. The van der Waals surface area contributed by atoms with E-state index in [0.717, 1.165) is 0 Å². The highest BCUT2D eigenvalue weighted by Gasteiger charge is 2.53. The van der Waals surface area contributed by atoms with E-state index in [9.17, 15) is 13.5 Å². The van der Waals surface area contributed by atoms with Gasteiger partial charge in [0.2, 0.25) is 10.0 Å². The molecule has 0 aromatic heterocycles. The lowest BCUT2D eigenvalue weighted by atomic mass is 9.82. The van der Waals surface area contributed by atoms with Crippen molar-refractivity contribution in [2.75, 3.05) is 6.61 Å². The van der Waals surface area contributed by atoms with Crippen LogP contribution in [0.5, 0.6) is 0 Å². The Balaban J connectivity index is 2.29. The zero-order valence-electron chi connectivity index (χ0n) is 11.4. The van der Waals surface area contributed by atoms with Gasteiger partial charge >= 0.3 is 0 Å². The topological polar surface area (TPSA) is 66.8 Å². The fourth-order valence-electron chi connectivity index (χ4n) is 2.91. The third kappa shape index (κ3) is 2.09. The predicted molar refractivity (Wildman–Crippen MR) is 68.4 cm³/mol. The Bertz CT molecular complexity index is 406. The Hall–Kier alpha value is -0.170. The Morgan fingerprint density at radius 3 is 2.39 bits per heavy atom. The molecule has 4 atom stereocenters. The fraction of sp³-hybridized carbons (Fsp3) is 1.00. The molecule has 0 aromatic carbocycles. The summed E-state index contributed by atoms with van der Waals surface area (Å²) in [5.74, 6) is 0.441. The number of piperidine rings is 1. The number of fused-ring (bicyclic) bond motifs is 2. The highest BCUT2D eigenvalue weighted by atomic mass is 32.2. The average Bonchev–Trinajstić information content (AvgIpc) is 2.61. The zero-order valence-corrected chi connectivity index (χ0v) is 12.2. The lowest BCUT2D eigenvalue weighted by Gasteiger charge is -2.41. The second kappa shape index (κ2) is 4.74. The van der Waals surface area contributed by atoms with Crippen LogP contribution in [0.3, 0.4) is 0 Å². The first-order chi connectivity index (χ1) is 8.26. The maximum atomic E-state index is 12.3. The molecule has 1 N–H and O–H groups in total. The number of nitrogens with zero attached hydrogens (tertiary/aromatic N) is 1. The molecule has 0 amide bonds. The van der Waals surface area contributed by atoms with Crippen LogP contribution in [0.25, 0.3) is 0 Å². The Labute approximate surface area is 109 Å². The smallest absolute Gasteiger partial charge is 0.219 e. The summed E-state index contributed by atoms with van der Waals surface area (Å²) in [5.41, 5.74) is 0. The number of hydrogen-bond acceptors (Lipinski definition) is 4. The van der Waals surface area contributed by atoms with Gasteiger partial charge in [0, 0.05) is 0 Å². The summed E-state index contributed by atoms with van der Waals surface area (Å²) in [6.07, 6.45) is -0.433. The molecule has 5 nitrogen and oxygen atoms in total. The van der Waals surface area contributed by atoms with Gasteiger partial charge in [-0.15, -0.1) is 0 Å². The van der Waals surface area contributed by atoms with Crippen LogP contribution in [0.15, 0.2) is 0 Å². The molecule has 0 aromatic rings. The highest BCUT2D eigenvalue weighted by Crippen LogP contribution is 2.40. The summed E-state index contributed by atoms with van der Waals surface area (Å²) >= 11 is 0. The van der Waals surface area contributed by atoms with Crippen molar-refractivity contribution in [3.63, 3.8) is 0 Å². The van der Waals surface area contributed by atoms with Gasteiger partial charge < -0.3 is 9.84 Å². The second-order valence-corrected chi connectivity index (χ2v) is 8.31. The summed E-state index contributed by atoms with van der Waals surface area (Å²) in [6, 6.07) is -0.413. The van der Waals surface area contributed by atoms with Gasteiger partial charge in [-0.2, -0.15) is 4.31 Å². The minimum absolute atomic E-state index is 0.112. The molecule has 0 saturated carbocycles. The summed E-state index contributed by atoms with van der Waals surface area (Å²) in [7, 11) is -3.37. The van der Waals surface area contributed by atoms with E-state index in [1.807, 2.05) is 0 Å². The van der Waals surface area contributed by atoms with E-state index < -0.39 is 33.6 Å². The van der Waals surface area contributed by atoms with Crippen LogP contribution in [-0.4, -0.2) is 48.1 Å². The molecular formula is C12H23NO4S. The van der Waals surface area contributed by atoms with Gasteiger partial charge in [-0.25, -0.2) is 8.42 Å². The van der Waals surface area contributed by atoms with Gasteiger partial charge in [0.05, 0.1) is 24.0 Å². The quantitative estimate of drug-likeness (QED) is 0.828. The van der Waals surface area contributed by atoms with Crippen LogP contribution in [0.2, 0.25) is 0 Å². The van der Waals surface area contributed by atoms with Gasteiger partial charge in [0.25, 0.3) is 0 Å². The lowest BCUT2D eigenvalue weighted by Crippen LogP contribution is -2.57. The van der Waals surface area contributed by atoms with E-state index in [0.29, 0.717) is 18.9 Å². The van der Waals surface area contributed by atoms with Gasteiger partial charge in [0.1, 0.15) is 6.23 Å². The Morgan fingerprint density at radius 1 is 1.28 bits per heavy atom. The van der Waals surface area contributed by atoms with Gasteiger partial charge in [0.15, 0.2) is 0 Å². The molecule has 2 saturated heterocycles. The van der Waals surface area contributed by atoms with Crippen molar-refractivity contribution in [2.45, 2.75) is 57.7 Å². The molecule has 0 aliphatic carbocycles. The monoisotopic (exact) mass is 277 g/mol. The number of sulfonamides is 1. The SMILES string of the molecule is CC(C)[C@@H]1C[C@H]2OC[C@@H]([C@H]1O)N2S(=O)(=O)C(C)C. The van der Waals surface area contributed by atoms with Crippen molar-refractivity contribution in [2.24, 2.45) is 11.8 Å². The molecule has 0 unspecified atom stereocenters. The van der Waals surface area contributed by atoms with E-state index in [-0.39, 0.29) is 5.92 Å². The average molecular weight is 277 g/mol. The third-order valence-electron chi connectivity index (χ3n) is 4.12. The predicted octanol–water partition coefficient (Wildman–Crippen LogP) is 0.788. The van der Waals surface area contributed by atoms with Gasteiger partial charge in [-0.05, 0) is 32.1 Å². The van der Waals surface area contributed by atoms with E-state index in [2.05, 4.69) is 13.8 Å². The molecule has 2 rings (SSSR count). The maximum absolute atomic E-state index is 12.3. The van der Waals surface area contributed by atoms with Crippen molar-refractivity contribution in [1.29, 1.82) is 0 Å². The van der Waals surface area contributed by atoms with Crippen molar-refractivity contribution in [3.8, 4) is 0 Å². The first kappa shape index (κ1) is 14.2. The van der Waals surface area contributed by atoms with Crippen LogP contribution in [0.4, 0.5) is 0 Å². The molecule has 2 aliphatic rings. The zero-order chi connectivity index (χ0) is 13.7. The standard InChI is InChI=1S/C12H23NO4S/c1-7(2)9-5-11-13(18(15,16)8(3)4)10(6-17-11)12(9)14/h7-12,14H,5-6H2,1-4H3/t9-,10-,11+,12-/m0/s1. The lowest BCUT2D eigenvalue weighted by molar-refractivity contribution is -0.0342. The summed E-state index contributed by atoms with van der Waals surface area (Å²) in [4.78, 5) is 0. The maximum Gasteiger partial charge on any atom is 0.219 e. The molecule has 2 bridgehead atoms. The van der Waals surface area contributed by atoms with Crippen molar-refractivity contribution in [1.82, 2.24) is 4.31 Å². The molecule has 0 spiro atoms. The molecule has 6 heteroatoms. The number of aliphatic hydroxyl groups is 1. The minimum Gasteiger partial charge on any atom is -0.391 e. The van der Waals surface area contributed by atoms with Gasteiger partial charge in [-0.1, -0.05) is 13.8 Å². The highest BCUT2D eigenvalue weighted by molar-refractivity contribution is 7.89. The third-order valence-corrected chi connectivity index (χ3v) is 6.41. The van der Waals surface area contributed by atoms with Crippen LogP contribution < -0.4 is 0 Å². The van der Waals surface area contributed by atoms with Gasteiger partial charge in [-0.3, -0.25) is 0 Å². The van der Waals surface area contributed by atoms with E-state index in [1.165, 1.54) is 4.31 Å². The summed E-state index contributed by atoms with van der Waals surface area (Å²) in [6.45, 7) is 7.74. The molecule has 2 fully saturated rings. The van der Waals surface area contributed by atoms with Crippen molar-refractivity contribution in [3.05, 3.63) is 0 Å². The Morgan fingerprint density at radius 2 is 1.89 bits per heavy atom. The van der Waals surface area contributed by atoms with E-state index >= 15 is 0 Å². The molecular weight excluding hydrogens is 254 g/mol.